The number of rotatable bonds is 4. The number of nitrogens with one attached hydrogen (secondary N) is 1. The molecule has 17 heavy (non-hydrogen) atoms. The fourth-order valence-corrected chi connectivity index (χ4v) is 1.75. The molecule has 5 heteroatoms. The number of hydrogen-bond acceptors (Lipinski definition) is 3. The Balaban J connectivity index is 2.09. The lowest BCUT2D eigenvalue weighted by molar-refractivity contribution is 0.439. The number of aromatic nitrogens is 3. The Kier molecular flexibility index (Phi) is 3.66. The monoisotopic (exact) mass is 296 g/mol. The van der Waals surface area contributed by atoms with E-state index in [1.807, 2.05) is 18.3 Å². The summed E-state index contributed by atoms with van der Waals surface area (Å²) in [6, 6.07) is 3.90. The van der Waals surface area contributed by atoms with Crippen LogP contribution >= 0.6 is 15.9 Å². The highest BCUT2D eigenvalue weighted by atomic mass is 79.9. The Morgan fingerprint density at radius 2 is 2.12 bits per heavy atom. The molecule has 1 N–H and O–H groups in total. The smallest absolute Gasteiger partial charge is 0.243 e. The van der Waals surface area contributed by atoms with Gasteiger partial charge in [0.2, 0.25) is 5.95 Å². The summed E-state index contributed by atoms with van der Waals surface area (Å²) in [4.78, 5) is 4.41. The Hall–Kier alpha value is -1.10. The number of fused-ring (bicyclic) bond motifs is 1. The number of halogens is 1. The molecule has 0 aromatic carbocycles. The molecular weight excluding hydrogens is 280 g/mol. The van der Waals surface area contributed by atoms with Crippen LogP contribution in [0.2, 0.25) is 0 Å². The molecular formula is C12H17BrN4. The molecule has 92 valence electrons. The van der Waals surface area contributed by atoms with E-state index in [1.54, 1.807) is 4.52 Å². The van der Waals surface area contributed by atoms with Gasteiger partial charge in [-0.15, -0.1) is 5.10 Å². The predicted molar refractivity (Wildman–Crippen MR) is 73.2 cm³/mol. The Labute approximate surface area is 110 Å². The number of nitrogens with zero attached hydrogens (tertiary/aromatic N) is 3. The summed E-state index contributed by atoms with van der Waals surface area (Å²) in [5.74, 6) is 1.96. The van der Waals surface area contributed by atoms with Crippen molar-refractivity contribution in [2.75, 3.05) is 11.9 Å². The van der Waals surface area contributed by atoms with Gasteiger partial charge in [-0.2, -0.15) is 4.98 Å². The van der Waals surface area contributed by atoms with Crippen LogP contribution in [0.5, 0.6) is 0 Å². The first kappa shape index (κ1) is 12.4. The number of pyridine rings is 1. The summed E-state index contributed by atoms with van der Waals surface area (Å²) >= 11 is 3.41. The molecule has 0 aliphatic heterocycles. The standard InChI is InChI=1S/C12H17BrN4/c1-8(2)9(3)6-14-12-15-11-5-4-10(13)7-17(11)16-12/h4-5,7-9H,6H2,1-3H3,(H,14,16). The molecule has 0 saturated carbocycles. The SMILES string of the molecule is CC(C)C(C)CNc1nc2ccc(Br)cn2n1. The van der Waals surface area contributed by atoms with Gasteiger partial charge >= 0.3 is 0 Å². The molecule has 0 radical (unpaired) electrons. The molecule has 0 bridgehead atoms. The van der Waals surface area contributed by atoms with Gasteiger partial charge in [-0.1, -0.05) is 20.8 Å². The van der Waals surface area contributed by atoms with E-state index in [0.717, 1.165) is 16.7 Å². The summed E-state index contributed by atoms with van der Waals surface area (Å²) in [6.45, 7) is 7.57. The van der Waals surface area contributed by atoms with E-state index in [0.29, 0.717) is 17.8 Å². The number of hydrogen-bond donors (Lipinski definition) is 1. The van der Waals surface area contributed by atoms with Crippen molar-refractivity contribution in [2.45, 2.75) is 20.8 Å². The average Bonchev–Trinajstić information content (AvgIpc) is 2.67. The third-order valence-electron chi connectivity index (χ3n) is 3.02. The second-order valence-electron chi connectivity index (χ2n) is 4.69. The minimum absolute atomic E-state index is 0.605. The van der Waals surface area contributed by atoms with Crippen molar-refractivity contribution in [3.8, 4) is 0 Å². The Morgan fingerprint density at radius 3 is 2.82 bits per heavy atom. The van der Waals surface area contributed by atoms with E-state index in [1.165, 1.54) is 0 Å². The van der Waals surface area contributed by atoms with Gasteiger partial charge in [0.1, 0.15) is 0 Å². The normalized spacial score (nSPS) is 13.2. The highest BCUT2D eigenvalue weighted by Crippen LogP contribution is 2.13. The van der Waals surface area contributed by atoms with Crippen LogP contribution in [0.1, 0.15) is 20.8 Å². The van der Waals surface area contributed by atoms with Gasteiger partial charge in [-0.25, -0.2) is 4.52 Å². The minimum Gasteiger partial charge on any atom is -0.353 e. The van der Waals surface area contributed by atoms with Crippen LogP contribution in [0.15, 0.2) is 22.8 Å². The molecule has 0 spiro atoms. The maximum Gasteiger partial charge on any atom is 0.243 e. The molecule has 0 fully saturated rings. The molecule has 0 aliphatic carbocycles. The third-order valence-corrected chi connectivity index (χ3v) is 3.48. The lowest BCUT2D eigenvalue weighted by Crippen LogP contribution is -2.16. The molecule has 0 aliphatic rings. The van der Waals surface area contributed by atoms with Gasteiger partial charge in [0.05, 0.1) is 0 Å². The Bertz CT molecular complexity index is 506. The van der Waals surface area contributed by atoms with Gasteiger partial charge < -0.3 is 5.32 Å². The predicted octanol–water partition coefficient (Wildman–Crippen LogP) is 3.20. The summed E-state index contributed by atoms with van der Waals surface area (Å²) in [5.41, 5.74) is 0.855. The van der Waals surface area contributed by atoms with E-state index in [9.17, 15) is 0 Å². The molecule has 2 heterocycles. The molecule has 0 amide bonds. The van der Waals surface area contributed by atoms with Crippen molar-refractivity contribution < 1.29 is 0 Å². The molecule has 2 aromatic rings. The van der Waals surface area contributed by atoms with Crippen LogP contribution < -0.4 is 5.32 Å². The van der Waals surface area contributed by atoms with Crippen LogP contribution in [0.3, 0.4) is 0 Å². The second-order valence-corrected chi connectivity index (χ2v) is 5.60. The van der Waals surface area contributed by atoms with E-state index in [4.69, 9.17) is 0 Å². The first-order valence-electron chi connectivity index (χ1n) is 5.82. The molecule has 4 nitrogen and oxygen atoms in total. The van der Waals surface area contributed by atoms with Crippen molar-refractivity contribution in [3.63, 3.8) is 0 Å². The fraction of sp³-hybridized carbons (Fsp3) is 0.500. The maximum atomic E-state index is 4.41. The zero-order valence-corrected chi connectivity index (χ0v) is 11.9. The molecule has 2 rings (SSSR count). The van der Waals surface area contributed by atoms with E-state index in [2.05, 4.69) is 52.1 Å². The van der Waals surface area contributed by atoms with Gasteiger partial charge in [0.25, 0.3) is 0 Å². The largest absolute Gasteiger partial charge is 0.353 e. The lowest BCUT2D eigenvalue weighted by Gasteiger charge is -2.14. The van der Waals surface area contributed by atoms with Crippen molar-refractivity contribution >= 4 is 27.5 Å². The first-order chi connectivity index (χ1) is 8.06. The highest BCUT2D eigenvalue weighted by molar-refractivity contribution is 9.10. The summed E-state index contributed by atoms with van der Waals surface area (Å²) in [6.07, 6.45) is 1.90. The third kappa shape index (κ3) is 2.97. The van der Waals surface area contributed by atoms with Gasteiger partial charge in [0.15, 0.2) is 5.65 Å². The van der Waals surface area contributed by atoms with Crippen LogP contribution in [0, 0.1) is 11.8 Å². The van der Waals surface area contributed by atoms with Gasteiger partial charge in [-0.05, 0) is 39.9 Å². The average molecular weight is 297 g/mol. The minimum atomic E-state index is 0.605. The van der Waals surface area contributed by atoms with Gasteiger partial charge in [0, 0.05) is 17.2 Å². The molecule has 1 atom stereocenters. The van der Waals surface area contributed by atoms with Crippen molar-refractivity contribution in [2.24, 2.45) is 11.8 Å². The van der Waals surface area contributed by atoms with E-state index in [-0.39, 0.29) is 0 Å². The highest BCUT2D eigenvalue weighted by Gasteiger charge is 2.08. The van der Waals surface area contributed by atoms with Crippen LogP contribution in [0.25, 0.3) is 5.65 Å². The van der Waals surface area contributed by atoms with Crippen molar-refractivity contribution in [3.05, 3.63) is 22.8 Å². The zero-order chi connectivity index (χ0) is 12.4. The maximum absolute atomic E-state index is 4.41. The zero-order valence-electron chi connectivity index (χ0n) is 10.3. The lowest BCUT2D eigenvalue weighted by atomic mass is 9.98. The van der Waals surface area contributed by atoms with Gasteiger partial charge in [-0.3, -0.25) is 0 Å². The summed E-state index contributed by atoms with van der Waals surface area (Å²) in [7, 11) is 0. The molecule has 2 aromatic heterocycles. The quantitative estimate of drug-likeness (QED) is 0.942. The second kappa shape index (κ2) is 5.04. The van der Waals surface area contributed by atoms with Crippen LogP contribution in [-0.4, -0.2) is 21.1 Å². The Morgan fingerprint density at radius 1 is 1.35 bits per heavy atom. The van der Waals surface area contributed by atoms with E-state index >= 15 is 0 Å². The molecule has 0 saturated heterocycles. The van der Waals surface area contributed by atoms with Crippen molar-refractivity contribution in [1.29, 1.82) is 0 Å². The first-order valence-corrected chi connectivity index (χ1v) is 6.61. The molecule has 1 unspecified atom stereocenters. The summed E-state index contributed by atoms with van der Waals surface area (Å²) in [5, 5.41) is 7.65. The van der Waals surface area contributed by atoms with Crippen molar-refractivity contribution in [1.82, 2.24) is 14.6 Å². The summed E-state index contributed by atoms with van der Waals surface area (Å²) < 4.78 is 2.77. The van der Waals surface area contributed by atoms with E-state index < -0.39 is 0 Å². The van der Waals surface area contributed by atoms with Crippen LogP contribution in [0.4, 0.5) is 5.95 Å². The van der Waals surface area contributed by atoms with Crippen LogP contribution in [-0.2, 0) is 0 Å². The number of anilines is 1. The fourth-order valence-electron chi connectivity index (χ4n) is 1.42. The topological polar surface area (TPSA) is 42.2 Å².